The van der Waals surface area contributed by atoms with Crippen LogP contribution in [0.5, 0.6) is 0 Å². The summed E-state index contributed by atoms with van der Waals surface area (Å²) in [5, 5.41) is 2.92. The summed E-state index contributed by atoms with van der Waals surface area (Å²) in [5.74, 6) is -0.412. The van der Waals surface area contributed by atoms with Crippen LogP contribution in [-0.4, -0.2) is 16.3 Å². The monoisotopic (exact) mass is 378 g/mol. The number of carbonyl (C=O) groups excluding carboxylic acids is 2. The molecule has 0 fully saturated rings. The molecule has 1 amide bonds. The number of nitrogens with zero attached hydrogens (tertiary/aromatic N) is 1. The summed E-state index contributed by atoms with van der Waals surface area (Å²) in [7, 11) is 0. The number of aromatic nitrogens is 1. The van der Waals surface area contributed by atoms with E-state index in [9.17, 15) is 14.0 Å². The lowest BCUT2D eigenvalue weighted by Gasteiger charge is -2.12. The first-order chi connectivity index (χ1) is 13.5. The summed E-state index contributed by atoms with van der Waals surface area (Å²) in [6.07, 6.45) is 0.286. The second-order valence-electron chi connectivity index (χ2n) is 6.76. The van der Waals surface area contributed by atoms with Gasteiger partial charge < -0.3 is 9.88 Å². The Bertz CT molecular complexity index is 976. The largest absolute Gasteiger partial charge is 0.352 e. The van der Waals surface area contributed by atoms with Crippen molar-refractivity contribution in [1.82, 2.24) is 9.88 Å². The molecule has 28 heavy (non-hydrogen) atoms. The first kappa shape index (κ1) is 19.5. The van der Waals surface area contributed by atoms with Crippen molar-refractivity contribution in [2.24, 2.45) is 0 Å². The van der Waals surface area contributed by atoms with Crippen molar-refractivity contribution in [1.29, 1.82) is 0 Å². The number of hydrogen-bond acceptors (Lipinski definition) is 2. The van der Waals surface area contributed by atoms with E-state index in [2.05, 4.69) is 5.32 Å². The second kappa shape index (κ2) is 8.65. The molecule has 0 bridgehead atoms. The smallest absolute Gasteiger partial charge is 0.222 e. The van der Waals surface area contributed by atoms with Crippen LogP contribution in [0.25, 0.3) is 11.3 Å². The molecule has 0 aliphatic heterocycles. The van der Waals surface area contributed by atoms with Gasteiger partial charge in [-0.1, -0.05) is 30.3 Å². The van der Waals surface area contributed by atoms with E-state index in [0.29, 0.717) is 18.7 Å². The zero-order valence-corrected chi connectivity index (χ0v) is 16.0. The van der Waals surface area contributed by atoms with Gasteiger partial charge in [-0.3, -0.25) is 9.59 Å². The molecule has 0 spiro atoms. The molecule has 0 aliphatic rings. The van der Waals surface area contributed by atoms with Crippen molar-refractivity contribution in [3.8, 4) is 11.3 Å². The van der Waals surface area contributed by atoms with E-state index in [1.807, 2.05) is 47.9 Å². The predicted molar refractivity (Wildman–Crippen MR) is 107 cm³/mol. The molecule has 0 radical (unpaired) electrons. The molecule has 0 saturated carbocycles. The average Bonchev–Trinajstić information content (AvgIpc) is 3.03. The highest BCUT2D eigenvalue weighted by Crippen LogP contribution is 2.27. The predicted octanol–water partition coefficient (Wildman–Crippen LogP) is 4.51. The first-order valence-corrected chi connectivity index (χ1v) is 9.23. The molecule has 0 aliphatic carbocycles. The summed E-state index contributed by atoms with van der Waals surface area (Å²) in [4.78, 5) is 24.3. The van der Waals surface area contributed by atoms with Crippen LogP contribution in [0.1, 0.15) is 35.0 Å². The molecule has 3 aromatic rings. The van der Waals surface area contributed by atoms with Crippen LogP contribution in [-0.2, 0) is 17.9 Å². The zero-order chi connectivity index (χ0) is 20.1. The van der Waals surface area contributed by atoms with Gasteiger partial charge in [0.1, 0.15) is 5.82 Å². The summed E-state index contributed by atoms with van der Waals surface area (Å²) < 4.78 is 15.2. The van der Waals surface area contributed by atoms with Gasteiger partial charge in [-0.25, -0.2) is 4.39 Å². The Hall–Kier alpha value is -3.21. The molecular formula is C23H23FN2O2. The fourth-order valence-electron chi connectivity index (χ4n) is 3.25. The fourth-order valence-corrected chi connectivity index (χ4v) is 3.25. The van der Waals surface area contributed by atoms with Crippen LogP contribution in [0.15, 0.2) is 60.7 Å². The highest BCUT2D eigenvalue weighted by atomic mass is 19.1. The summed E-state index contributed by atoms with van der Waals surface area (Å²) in [6.45, 7) is 4.31. The van der Waals surface area contributed by atoms with E-state index in [-0.39, 0.29) is 23.9 Å². The highest BCUT2D eigenvalue weighted by Gasteiger charge is 2.17. The number of carbonyl (C=O) groups is 2. The number of Topliss-reactive ketones (excluding diaryl/α,β-unsaturated/α-hetero) is 1. The van der Waals surface area contributed by atoms with Crippen molar-refractivity contribution in [3.05, 3.63) is 83.3 Å². The highest BCUT2D eigenvalue weighted by molar-refractivity contribution is 5.96. The van der Waals surface area contributed by atoms with E-state index >= 15 is 0 Å². The minimum Gasteiger partial charge on any atom is -0.352 e. The normalized spacial score (nSPS) is 10.7. The lowest BCUT2D eigenvalue weighted by atomic mass is 10.1. The standard InChI is InChI=1S/C23H23FN2O2/c1-16-21(17(2)27)14-22(19-8-10-20(24)11-9-19)26(16)13-12-23(28)25-15-18-6-4-3-5-7-18/h3-11,14H,12-13,15H2,1-2H3,(H,25,28). The van der Waals surface area contributed by atoms with E-state index < -0.39 is 0 Å². The van der Waals surface area contributed by atoms with E-state index in [4.69, 9.17) is 0 Å². The Morgan fingerprint density at radius 2 is 1.71 bits per heavy atom. The second-order valence-corrected chi connectivity index (χ2v) is 6.76. The van der Waals surface area contributed by atoms with Gasteiger partial charge in [0.25, 0.3) is 0 Å². The number of amides is 1. The zero-order valence-electron chi connectivity index (χ0n) is 16.0. The maximum Gasteiger partial charge on any atom is 0.222 e. The molecule has 4 nitrogen and oxygen atoms in total. The van der Waals surface area contributed by atoms with Crippen LogP contribution in [0.4, 0.5) is 4.39 Å². The number of benzene rings is 2. The molecule has 0 saturated heterocycles. The minimum absolute atomic E-state index is 0.0341. The number of rotatable bonds is 7. The number of ketones is 1. The van der Waals surface area contributed by atoms with E-state index in [1.54, 1.807) is 12.1 Å². The van der Waals surface area contributed by atoms with Crippen molar-refractivity contribution in [2.45, 2.75) is 33.4 Å². The van der Waals surface area contributed by atoms with Gasteiger partial charge in [0.2, 0.25) is 5.91 Å². The van der Waals surface area contributed by atoms with Gasteiger partial charge in [0.15, 0.2) is 5.78 Å². The molecule has 1 aromatic heterocycles. The summed E-state index contributed by atoms with van der Waals surface area (Å²) in [6, 6.07) is 17.7. The van der Waals surface area contributed by atoms with Crippen LogP contribution >= 0.6 is 0 Å². The average molecular weight is 378 g/mol. The molecule has 0 unspecified atom stereocenters. The SMILES string of the molecule is CC(=O)c1cc(-c2ccc(F)cc2)n(CCC(=O)NCc2ccccc2)c1C. The molecular weight excluding hydrogens is 355 g/mol. The molecule has 5 heteroatoms. The van der Waals surface area contributed by atoms with Gasteiger partial charge in [-0.05, 0) is 55.3 Å². The maximum atomic E-state index is 13.3. The van der Waals surface area contributed by atoms with Gasteiger partial charge in [-0.15, -0.1) is 0 Å². The molecule has 2 aromatic carbocycles. The lowest BCUT2D eigenvalue weighted by Crippen LogP contribution is -2.24. The van der Waals surface area contributed by atoms with Gasteiger partial charge in [0, 0.05) is 36.5 Å². The van der Waals surface area contributed by atoms with Crippen LogP contribution in [0, 0.1) is 12.7 Å². The Balaban J connectivity index is 1.75. The Kier molecular flexibility index (Phi) is 6.04. The van der Waals surface area contributed by atoms with Crippen molar-refractivity contribution in [3.63, 3.8) is 0 Å². The van der Waals surface area contributed by atoms with Crippen LogP contribution < -0.4 is 5.32 Å². The topological polar surface area (TPSA) is 51.1 Å². The van der Waals surface area contributed by atoms with E-state index in [1.165, 1.54) is 19.1 Å². The first-order valence-electron chi connectivity index (χ1n) is 9.23. The number of nitrogens with one attached hydrogen (secondary N) is 1. The summed E-state index contributed by atoms with van der Waals surface area (Å²) in [5.41, 5.74) is 4.07. The van der Waals surface area contributed by atoms with Crippen molar-refractivity contribution < 1.29 is 14.0 Å². The summed E-state index contributed by atoms with van der Waals surface area (Å²) >= 11 is 0. The van der Waals surface area contributed by atoms with E-state index in [0.717, 1.165) is 22.5 Å². The molecule has 1 N–H and O–H groups in total. The Labute approximate surface area is 164 Å². The fraction of sp³-hybridized carbons (Fsp3) is 0.217. The lowest BCUT2D eigenvalue weighted by molar-refractivity contribution is -0.121. The quantitative estimate of drug-likeness (QED) is 0.615. The Morgan fingerprint density at radius 3 is 2.36 bits per heavy atom. The molecule has 3 rings (SSSR count). The third-order valence-corrected chi connectivity index (χ3v) is 4.78. The van der Waals surface area contributed by atoms with Crippen LogP contribution in [0.2, 0.25) is 0 Å². The van der Waals surface area contributed by atoms with Crippen molar-refractivity contribution >= 4 is 11.7 Å². The third-order valence-electron chi connectivity index (χ3n) is 4.78. The third kappa shape index (κ3) is 4.55. The molecule has 144 valence electrons. The van der Waals surface area contributed by atoms with Gasteiger partial charge >= 0.3 is 0 Å². The number of hydrogen-bond donors (Lipinski definition) is 1. The van der Waals surface area contributed by atoms with Gasteiger partial charge in [0.05, 0.1) is 0 Å². The Morgan fingerprint density at radius 1 is 1.04 bits per heavy atom. The molecule has 0 atom stereocenters. The van der Waals surface area contributed by atoms with Crippen LogP contribution in [0.3, 0.4) is 0 Å². The van der Waals surface area contributed by atoms with Crippen molar-refractivity contribution in [2.75, 3.05) is 0 Å². The maximum absolute atomic E-state index is 13.3. The van der Waals surface area contributed by atoms with Gasteiger partial charge in [-0.2, -0.15) is 0 Å². The minimum atomic E-state index is -0.314. The number of halogens is 1. The molecule has 1 heterocycles.